The zero-order chi connectivity index (χ0) is 34.2. The van der Waals surface area contributed by atoms with Gasteiger partial charge >= 0.3 is 6.85 Å². The van der Waals surface area contributed by atoms with Gasteiger partial charge in [-0.15, -0.1) is 0 Å². The summed E-state index contributed by atoms with van der Waals surface area (Å²) >= 11 is 0. The molecule has 0 unspecified atom stereocenters. The second kappa shape index (κ2) is 10.5. The summed E-state index contributed by atoms with van der Waals surface area (Å²) < 4.78 is 2.84. The van der Waals surface area contributed by atoms with Crippen LogP contribution in [-0.4, -0.2) is 11.3 Å². The van der Waals surface area contributed by atoms with E-state index in [0.717, 1.165) is 25.7 Å². The van der Waals surface area contributed by atoms with Gasteiger partial charge in [-0.05, 0) is 152 Å². The Labute approximate surface area is 298 Å². The topological polar surface area (TPSA) is 4.93 Å². The number of aryl methyl sites for hydroxylation is 2. The highest BCUT2D eigenvalue weighted by Gasteiger charge is 2.48. The van der Waals surface area contributed by atoms with Crippen LogP contribution in [0.15, 0.2) is 76.9 Å². The van der Waals surface area contributed by atoms with Gasteiger partial charge in [0.15, 0.2) is 0 Å². The Balaban J connectivity index is 1.33. The first-order chi connectivity index (χ1) is 24.2. The van der Waals surface area contributed by atoms with Crippen LogP contribution < -0.4 is 10.9 Å². The average Bonchev–Trinajstić information content (AvgIpc) is 3.62. The molecule has 5 aliphatic carbocycles. The number of nitrogens with zero attached hydrogens (tertiary/aromatic N) is 1. The van der Waals surface area contributed by atoms with Gasteiger partial charge in [0, 0.05) is 45.1 Å². The third kappa shape index (κ3) is 3.87. The molecular formula is C48H46BN. The number of hydrogen-bond donors (Lipinski definition) is 0. The number of fused-ring (bicyclic) bond motifs is 9. The largest absolute Gasteiger partial charge is 0.378 e. The van der Waals surface area contributed by atoms with E-state index in [0.29, 0.717) is 0 Å². The summed E-state index contributed by atoms with van der Waals surface area (Å²) in [5.41, 5.74) is 29.4. The molecule has 1 nitrogen and oxygen atoms in total. The summed E-state index contributed by atoms with van der Waals surface area (Å²) in [6, 6.07) is 12.7. The number of rotatable bonds is 2. The summed E-state index contributed by atoms with van der Waals surface area (Å²) in [6.45, 7) is 16.7. The molecule has 0 radical (unpaired) electrons. The highest BCUT2D eigenvalue weighted by Crippen LogP contribution is 2.55. The smallest absolute Gasteiger partial charge is 0.329 e. The van der Waals surface area contributed by atoms with Gasteiger partial charge in [-0.2, -0.15) is 0 Å². The fourth-order valence-electron chi connectivity index (χ4n) is 11.0. The molecule has 0 fully saturated rings. The van der Waals surface area contributed by atoms with Crippen LogP contribution in [0.4, 0.5) is 0 Å². The fourth-order valence-corrected chi connectivity index (χ4v) is 11.0. The highest BCUT2D eigenvalue weighted by molar-refractivity contribution is 6.87. The zero-order valence-corrected chi connectivity index (χ0v) is 30.9. The Kier molecular flexibility index (Phi) is 6.39. The standard InChI is InChI=1S/C48H46BN/c1-8-14-31-23-34-25-42(29(4)22-33(34)21-28(31)3)49-45-30(5)38-24-32-15-12-13-16-35(32)39(38)26-40(45)36-20-19-27(2)43-44-37-17-10-9-11-18-41(37)48(6,7)47(44)50(49)46(36)43/h8,11,14,18-20,22,25-26H,9,12-13,15-16,21,23-24H2,1-7H3/b14-8-. The van der Waals surface area contributed by atoms with E-state index in [2.05, 4.69) is 119 Å². The molecular weight excluding hydrogens is 601 g/mol. The molecule has 246 valence electrons. The lowest BCUT2D eigenvalue weighted by Crippen LogP contribution is -2.55. The van der Waals surface area contributed by atoms with E-state index >= 15 is 0 Å². The molecule has 10 rings (SSSR count). The first-order valence-corrected chi connectivity index (χ1v) is 19.1. The lowest BCUT2D eigenvalue weighted by molar-refractivity contribution is 0.626. The molecule has 1 aliphatic heterocycles. The minimum Gasteiger partial charge on any atom is -0.378 e. The summed E-state index contributed by atoms with van der Waals surface area (Å²) in [4.78, 5) is 0. The second-order valence-electron chi connectivity index (χ2n) is 16.6. The van der Waals surface area contributed by atoms with Gasteiger partial charge in [-0.3, -0.25) is 0 Å². The van der Waals surface area contributed by atoms with Crippen molar-refractivity contribution in [2.24, 2.45) is 0 Å². The van der Waals surface area contributed by atoms with Crippen LogP contribution in [0.2, 0.25) is 0 Å². The predicted molar refractivity (Wildman–Crippen MR) is 214 cm³/mol. The normalized spacial score (nSPS) is 19.4. The van der Waals surface area contributed by atoms with Crippen LogP contribution in [0.1, 0.15) is 110 Å². The Morgan fingerprint density at radius 3 is 2.54 bits per heavy atom. The van der Waals surface area contributed by atoms with Gasteiger partial charge in [0.1, 0.15) is 0 Å². The van der Waals surface area contributed by atoms with E-state index in [1.807, 2.05) is 0 Å². The van der Waals surface area contributed by atoms with Crippen molar-refractivity contribution in [3.63, 3.8) is 0 Å². The Morgan fingerprint density at radius 1 is 0.880 bits per heavy atom. The lowest BCUT2D eigenvalue weighted by Gasteiger charge is -2.36. The van der Waals surface area contributed by atoms with E-state index in [9.17, 15) is 0 Å². The van der Waals surface area contributed by atoms with Crippen LogP contribution in [0, 0.1) is 32.6 Å². The van der Waals surface area contributed by atoms with E-state index < -0.39 is 0 Å². The maximum Gasteiger partial charge on any atom is 0.329 e. The minimum absolute atomic E-state index is 0.0932. The highest BCUT2D eigenvalue weighted by atomic mass is 15.0. The van der Waals surface area contributed by atoms with Crippen molar-refractivity contribution < 1.29 is 0 Å². The van der Waals surface area contributed by atoms with Crippen LogP contribution in [0.25, 0.3) is 33.2 Å². The third-order valence-electron chi connectivity index (χ3n) is 13.4. The Hall–Kier alpha value is -4.48. The van der Waals surface area contributed by atoms with E-state index in [-0.39, 0.29) is 12.3 Å². The van der Waals surface area contributed by atoms with Gasteiger partial charge in [0.2, 0.25) is 0 Å². The maximum absolute atomic E-state index is 3.72. The molecule has 2 heteroatoms. The monoisotopic (exact) mass is 647 g/mol. The first kappa shape index (κ1) is 30.4. The molecule has 0 atom stereocenters. The van der Waals surface area contributed by atoms with Crippen LogP contribution in [0.3, 0.4) is 0 Å². The molecule has 4 aromatic rings. The molecule has 2 heterocycles. The van der Waals surface area contributed by atoms with Crippen molar-refractivity contribution in [2.75, 3.05) is 0 Å². The van der Waals surface area contributed by atoms with Gasteiger partial charge < -0.3 is 4.48 Å². The summed E-state index contributed by atoms with van der Waals surface area (Å²) in [5, 5.41) is 1.41. The van der Waals surface area contributed by atoms with E-state index in [1.54, 1.807) is 22.3 Å². The summed E-state index contributed by atoms with van der Waals surface area (Å²) in [7, 11) is 0. The van der Waals surface area contributed by atoms with Crippen molar-refractivity contribution in [3.8, 4) is 23.0 Å². The van der Waals surface area contributed by atoms with E-state index in [4.69, 9.17) is 0 Å². The lowest BCUT2D eigenvalue weighted by atomic mass is 9.44. The number of benzene rings is 3. The van der Waals surface area contributed by atoms with Gasteiger partial charge in [-0.25, -0.2) is 0 Å². The van der Waals surface area contributed by atoms with Gasteiger partial charge in [0.25, 0.3) is 0 Å². The van der Waals surface area contributed by atoms with Crippen LogP contribution in [-0.2, 0) is 24.7 Å². The zero-order valence-electron chi connectivity index (χ0n) is 30.9. The molecule has 0 amide bonds. The summed E-state index contributed by atoms with van der Waals surface area (Å²) in [5.74, 6) is 7.22. The summed E-state index contributed by atoms with van der Waals surface area (Å²) in [6.07, 6.45) is 18.4. The molecule has 0 saturated heterocycles. The van der Waals surface area contributed by atoms with E-state index in [1.165, 1.54) is 120 Å². The van der Waals surface area contributed by atoms with Gasteiger partial charge in [-0.1, -0.05) is 91.0 Å². The molecule has 0 N–H and O–H groups in total. The number of allylic oxidation sites excluding steroid dienone is 10. The van der Waals surface area contributed by atoms with Crippen molar-refractivity contribution >= 4 is 39.8 Å². The van der Waals surface area contributed by atoms with Gasteiger partial charge in [0.05, 0.1) is 0 Å². The third-order valence-corrected chi connectivity index (χ3v) is 13.4. The fraction of sp³-hybridized carbons (Fsp3) is 0.333. The van der Waals surface area contributed by atoms with Crippen LogP contribution in [0.5, 0.6) is 0 Å². The van der Waals surface area contributed by atoms with Crippen molar-refractivity contribution in [2.45, 2.75) is 105 Å². The molecule has 1 aromatic heterocycles. The van der Waals surface area contributed by atoms with Crippen molar-refractivity contribution in [3.05, 3.63) is 127 Å². The van der Waals surface area contributed by atoms with Crippen LogP contribution >= 0.6 is 0 Å². The molecule has 6 aliphatic rings. The first-order valence-electron chi connectivity index (χ1n) is 19.1. The number of aromatic nitrogens is 1. The van der Waals surface area contributed by atoms with Crippen molar-refractivity contribution in [1.29, 1.82) is 0 Å². The average molecular weight is 648 g/mol. The van der Waals surface area contributed by atoms with Crippen molar-refractivity contribution in [1.82, 2.24) is 4.48 Å². The molecule has 0 spiro atoms. The second-order valence-corrected chi connectivity index (χ2v) is 16.6. The molecule has 0 bridgehead atoms. The number of hydrogen-bond acceptors (Lipinski definition) is 0. The molecule has 3 aromatic carbocycles. The maximum atomic E-state index is 3.72. The Morgan fingerprint density at radius 2 is 1.70 bits per heavy atom. The molecule has 0 saturated carbocycles. The predicted octanol–water partition coefficient (Wildman–Crippen LogP) is 10.1. The quantitative estimate of drug-likeness (QED) is 0.133. The Bertz CT molecular complexity index is 2500. The SMILES string of the molecule is C/C=C\C1=C(C)Cc2cc(C)c(B3c4c(cc5c(c4C)CC4=C5CCCC4)-c4ccc(C)c5c6c(n3c45)C(C)(C)C3=C6C#CCC=C3)cc2C1. The minimum atomic E-state index is -0.176. The molecule has 50 heavy (non-hydrogen) atoms.